The number of aryl methyl sites for hydroxylation is 1. The number of benzene rings is 1. The number of furan rings is 1. The Morgan fingerprint density at radius 3 is 2.38 bits per heavy atom. The molecule has 1 heterocycles. The lowest BCUT2D eigenvalue weighted by molar-refractivity contribution is 0.408. The fourth-order valence-corrected chi connectivity index (χ4v) is 4.68. The second kappa shape index (κ2) is 6.51. The highest BCUT2D eigenvalue weighted by Gasteiger charge is 2.21. The van der Waals surface area contributed by atoms with Crippen molar-refractivity contribution < 1.29 is 12.8 Å². The van der Waals surface area contributed by atoms with Crippen LogP contribution in [-0.2, 0) is 16.6 Å². The first-order valence-electron chi connectivity index (χ1n) is 6.05. The topological polar surface area (TPSA) is 71.3 Å². The molecular weight excluding hydrogens is 424 g/mol. The number of sulfonamides is 1. The number of nitrogens with one attached hydrogen (secondary N) is 2. The van der Waals surface area contributed by atoms with Crippen molar-refractivity contribution in [1.29, 1.82) is 0 Å². The Labute approximate surface area is 140 Å². The molecule has 0 saturated carbocycles. The van der Waals surface area contributed by atoms with E-state index in [4.69, 9.17) is 4.42 Å². The lowest BCUT2D eigenvalue weighted by Gasteiger charge is -2.11. The zero-order valence-electron chi connectivity index (χ0n) is 11.4. The van der Waals surface area contributed by atoms with Crippen LogP contribution in [0.1, 0.15) is 11.3 Å². The average molecular weight is 438 g/mol. The smallest absolute Gasteiger partial charge is 0.295 e. The molecule has 0 amide bonds. The van der Waals surface area contributed by atoms with Gasteiger partial charge in [0, 0.05) is 8.95 Å². The van der Waals surface area contributed by atoms with Crippen LogP contribution in [0, 0.1) is 6.92 Å². The normalized spacial score (nSPS) is 11.6. The molecule has 0 fully saturated rings. The van der Waals surface area contributed by atoms with E-state index in [-0.39, 0.29) is 5.09 Å². The van der Waals surface area contributed by atoms with Crippen LogP contribution >= 0.6 is 31.9 Å². The molecular formula is C13H14Br2N2O3S. The van der Waals surface area contributed by atoms with Gasteiger partial charge in [-0.1, -0.05) is 0 Å². The molecule has 0 aliphatic carbocycles. The highest BCUT2D eigenvalue weighted by Crippen LogP contribution is 2.34. The van der Waals surface area contributed by atoms with Crippen LogP contribution in [0.5, 0.6) is 0 Å². The zero-order valence-corrected chi connectivity index (χ0v) is 15.4. The minimum Gasteiger partial charge on any atom is -0.446 e. The Kier molecular flexibility index (Phi) is 5.13. The van der Waals surface area contributed by atoms with E-state index in [1.165, 1.54) is 6.07 Å². The summed E-state index contributed by atoms with van der Waals surface area (Å²) in [6.45, 7) is 2.39. The Bertz CT molecular complexity index is 734. The van der Waals surface area contributed by atoms with Crippen LogP contribution in [0.15, 0.2) is 42.7 Å². The number of hydrogen-bond acceptors (Lipinski definition) is 4. The second-order valence-electron chi connectivity index (χ2n) is 4.46. The van der Waals surface area contributed by atoms with Crippen LogP contribution < -0.4 is 10.0 Å². The van der Waals surface area contributed by atoms with Crippen molar-refractivity contribution in [3.63, 3.8) is 0 Å². The van der Waals surface area contributed by atoms with Crippen LogP contribution in [0.2, 0.25) is 0 Å². The monoisotopic (exact) mass is 436 g/mol. The largest absolute Gasteiger partial charge is 0.446 e. The first kappa shape index (κ1) is 16.5. The van der Waals surface area contributed by atoms with Gasteiger partial charge in [0.1, 0.15) is 5.76 Å². The van der Waals surface area contributed by atoms with Crippen LogP contribution in [0.3, 0.4) is 0 Å². The molecule has 0 unspecified atom stereocenters. The summed E-state index contributed by atoms with van der Waals surface area (Å²) in [4.78, 5) is 0. The summed E-state index contributed by atoms with van der Waals surface area (Å²) in [5, 5.41) is 2.78. The molecule has 0 aliphatic rings. The van der Waals surface area contributed by atoms with E-state index in [2.05, 4.69) is 41.9 Å². The molecule has 1 aromatic heterocycles. The third-order valence-electron chi connectivity index (χ3n) is 2.68. The Hall–Kier alpha value is -0.830. The van der Waals surface area contributed by atoms with Gasteiger partial charge in [0.2, 0.25) is 5.09 Å². The maximum atomic E-state index is 12.3. The van der Waals surface area contributed by atoms with Crippen molar-refractivity contribution >= 4 is 47.6 Å². The molecule has 0 radical (unpaired) electrons. The first-order chi connectivity index (χ1) is 9.83. The molecule has 0 spiro atoms. The van der Waals surface area contributed by atoms with E-state index in [1.807, 2.05) is 19.1 Å². The standard InChI is InChI=1S/C13H14Br2N2O3S/c1-8-5-10(14)13(11(15)6-8)17-21(18,19)12-4-3-9(20-12)7-16-2/h3-6,16-17H,7H2,1-2H3. The maximum Gasteiger partial charge on any atom is 0.295 e. The summed E-state index contributed by atoms with van der Waals surface area (Å²) in [6.07, 6.45) is 0. The Morgan fingerprint density at radius 2 is 1.81 bits per heavy atom. The minimum absolute atomic E-state index is 0.118. The van der Waals surface area contributed by atoms with Gasteiger partial charge in [-0.3, -0.25) is 4.72 Å². The first-order valence-corrected chi connectivity index (χ1v) is 9.12. The number of halogens is 2. The van der Waals surface area contributed by atoms with E-state index < -0.39 is 10.0 Å². The third kappa shape index (κ3) is 3.88. The predicted molar refractivity (Wildman–Crippen MR) is 88.9 cm³/mol. The van der Waals surface area contributed by atoms with Gasteiger partial charge in [-0.15, -0.1) is 0 Å². The minimum atomic E-state index is -3.77. The molecule has 2 rings (SSSR count). The van der Waals surface area contributed by atoms with E-state index in [9.17, 15) is 8.42 Å². The van der Waals surface area contributed by atoms with Gasteiger partial charge in [0.05, 0.1) is 12.2 Å². The zero-order chi connectivity index (χ0) is 15.6. The average Bonchev–Trinajstić information content (AvgIpc) is 2.84. The Morgan fingerprint density at radius 1 is 1.19 bits per heavy atom. The lowest BCUT2D eigenvalue weighted by Crippen LogP contribution is -2.13. The summed E-state index contributed by atoms with van der Waals surface area (Å²) in [6, 6.07) is 6.73. The maximum absolute atomic E-state index is 12.3. The van der Waals surface area contributed by atoms with E-state index >= 15 is 0 Å². The van der Waals surface area contributed by atoms with Gasteiger partial charge in [-0.05, 0) is 75.7 Å². The molecule has 0 atom stereocenters. The van der Waals surface area contributed by atoms with Gasteiger partial charge in [-0.2, -0.15) is 8.42 Å². The Balaban J connectivity index is 2.33. The van der Waals surface area contributed by atoms with Gasteiger partial charge < -0.3 is 9.73 Å². The fraction of sp³-hybridized carbons (Fsp3) is 0.231. The van der Waals surface area contributed by atoms with Crippen molar-refractivity contribution in [3.05, 3.63) is 44.5 Å². The van der Waals surface area contributed by atoms with Crippen LogP contribution in [0.4, 0.5) is 5.69 Å². The molecule has 8 heteroatoms. The summed E-state index contributed by atoms with van der Waals surface area (Å²) >= 11 is 6.71. The molecule has 0 saturated heterocycles. The second-order valence-corrected chi connectivity index (χ2v) is 7.78. The van der Waals surface area contributed by atoms with Gasteiger partial charge in [-0.25, -0.2) is 0 Å². The van der Waals surface area contributed by atoms with Gasteiger partial charge >= 0.3 is 0 Å². The summed E-state index contributed by atoms with van der Waals surface area (Å²) in [5.74, 6) is 0.555. The number of anilines is 1. The quantitative estimate of drug-likeness (QED) is 0.749. The lowest BCUT2D eigenvalue weighted by atomic mass is 10.2. The van der Waals surface area contributed by atoms with Crippen molar-refractivity contribution in [2.75, 3.05) is 11.8 Å². The summed E-state index contributed by atoms with van der Waals surface area (Å²) in [5.41, 5.74) is 1.44. The molecule has 1 aromatic carbocycles. The van der Waals surface area contributed by atoms with E-state index in [0.29, 0.717) is 26.9 Å². The van der Waals surface area contributed by atoms with E-state index in [1.54, 1.807) is 13.1 Å². The van der Waals surface area contributed by atoms with Crippen molar-refractivity contribution in [2.24, 2.45) is 0 Å². The van der Waals surface area contributed by atoms with Gasteiger partial charge in [0.25, 0.3) is 10.0 Å². The summed E-state index contributed by atoms with van der Waals surface area (Å²) < 4.78 is 33.8. The third-order valence-corrected chi connectivity index (χ3v) is 5.15. The fourth-order valence-electron chi connectivity index (χ4n) is 1.75. The van der Waals surface area contributed by atoms with Gasteiger partial charge in [0.15, 0.2) is 0 Å². The van der Waals surface area contributed by atoms with E-state index in [0.717, 1.165) is 5.56 Å². The molecule has 21 heavy (non-hydrogen) atoms. The van der Waals surface area contributed by atoms with Crippen molar-refractivity contribution in [3.8, 4) is 0 Å². The van der Waals surface area contributed by atoms with Crippen molar-refractivity contribution in [2.45, 2.75) is 18.6 Å². The molecule has 2 aromatic rings. The van der Waals surface area contributed by atoms with Crippen molar-refractivity contribution in [1.82, 2.24) is 5.32 Å². The van der Waals surface area contributed by atoms with Crippen LogP contribution in [0.25, 0.3) is 0 Å². The van der Waals surface area contributed by atoms with Crippen LogP contribution in [-0.4, -0.2) is 15.5 Å². The number of hydrogen-bond donors (Lipinski definition) is 2. The SMILES string of the molecule is CNCc1ccc(S(=O)(=O)Nc2c(Br)cc(C)cc2Br)o1. The predicted octanol–water partition coefficient (Wildman–Crippen LogP) is 3.63. The molecule has 0 bridgehead atoms. The highest BCUT2D eigenvalue weighted by molar-refractivity contribution is 9.11. The highest BCUT2D eigenvalue weighted by atomic mass is 79.9. The molecule has 0 aliphatic heterocycles. The molecule has 2 N–H and O–H groups in total. The number of rotatable bonds is 5. The summed E-state index contributed by atoms with van der Waals surface area (Å²) in [7, 11) is -2.01. The molecule has 114 valence electrons. The molecule has 5 nitrogen and oxygen atoms in total.